The largest absolute Gasteiger partial charge is 0.417 e. The van der Waals surface area contributed by atoms with Crippen LogP contribution in [0, 0.1) is 17.3 Å². The van der Waals surface area contributed by atoms with Crippen LogP contribution in [-0.2, 0) is 15.8 Å². The summed E-state index contributed by atoms with van der Waals surface area (Å²) >= 11 is 14.9. The molecular formula is C30H34Cl2F3IN4O2. The van der Waals surface area contributed by atoms with Crippen LogP contribution < -0.4 is 4.90 Å². The van der Waals surface area contributed by atoms with Crippen LogP contribution in [0.2, 0.25) is 10.0 Å². The van der Waals surface area contributed by atoms with Crippen molar-refractivity contribution < 1.29 is 22.8 Å². The van der Waals surface area contributed by atoms with Gasteiger partial charge in [-0.3, -0.25) is 9.59 Å². The maximum Gasteiger partial charge on any atom is 0.417 e. The van der Waals surface area contributed by atoms with Crippen LogP contribution in [0.4, 0.5) is 19.0 Å². The first-order valence-electron chi connectivity index (χ1n) is 14.3. The fraction of sp³-hybridized carbons (Fsp3) is 0.567. The van der Waals surface area contributed by atoms with Gasteiger partial charge in [0.1, 0.15) is 5.82 Å². The van der Waals surface area contributed by atoms with Gasteiger partial charge in [-0.2, -0.15) is 13.2 Å². The number of piperidine rings is 1. The molecule has 2 aromatic rings. The van der Waals surface area contributed by atoms with E-state index >= 15 is 0 Å². The van der Waals surface area contributed by atoms with E-state index in [1.807, 2.05) is 33.8 Å². The van der Waals surface area contributed by atoms with Gasteiger partial charge in [0.25, 0.3) is 0 Å². The van der Waals surface area contributed by atoms with Gasteiger partial charge in [0.15, 0.2) is 0 Å². The van der Waals surface area contributed by atoms with E-state index in [4.69, 9.17) is 23.2 Å². The SMILES string of the molecule is CCN(C[C@H]1CN(C(=O)C2CCN(C(=O)C3(CI)CC3)CC2)C[C@@H]1c1ccc(Cl)c(Cl)c1)c1ccc(C(F)(F)F)cn1. The third-order valence-electron chi connectivity index (χ3n) is 9.05. The summed E-state index contributed by atoms with van der Waals surface area (Å²) in [7, 11) is 0. The van der Waals surface area contributed by atoms with E-state index in [0.717, 1.165) is 35.1 Å². The number of hydrogen-bond donors (Lipinski definition) is 0. The Morgan fingerprint density at radius 2 is 1.79 bits per heavy atom. The van der Waals surface area contributed by atoms with Crippen molar-refractivity contribution in [1.29, 1.82) is 0 Å². The number of carbonyl (C=O) groups is 2. The quantitative estimate of drug-likeness (QED) is 0.218. The van der Waals surface area contributed by atoms with Crippen LogP contribution in [0.15, 0.2) is 36.5 Å². The van der Waals surface area contributed by atoms with Crippen molar-refractivity contribution in [2.24, 2.45) is 17.3 Å². The molecule has 2 aliphatic heterocycles. The zero-order valence-corrected chi connectivity index (χ0v) is 27.0. The smallest absolute Gasteiger partial charge is 0.357 e. The monoisotopic (exact) mass is 736 g/mol. The number of anilines is 1. The highest BCUT2D eigenvalue weighted by Gasteiger charge is 2.51. The molecule has 1 aromatic heterocycles. The second-order valence-corrected chi connectivity index (χ2v) is 13.3. The van der Waals surface area contributed by atoms with E-state index in [1.165, 1.54) is 6.07 Å². The van der Waals surface area contributed by atoms with Crippen molar-refractivity contribution in [3.8, 4) is 0 Å². The van der Waals surface area contributed by atoms with Crippen LogP contribution in [0.3, 0.4) is 0 Å². The van der Waals surface area contributed by atoms with Gasteiger partial charge in [0, 0.05) is 67.6 Å². The Hall–Kier alpha value is -1.79. The molecule has 3 aliphatic rings. The van der Waals surface area contributed by atoms with E-state index in [-0.39, 0.29) is 35.0 Å². The van der Waals surface area contributed by atoms with Crippen LogP contribution in [-0.4, -0.2) is 70.3 Å². The molecule has 0 radical (unpaired) electrons. The Morgan fingerprint density at radius 1 is 1.07 bits per heavy atom. The molecule has 5 rings (SSSR count). The average molecular weight is 737 g/mol. The van der Waals surface area contributed by atoms with Crippen molar-refractivity contribution in [1.82, 2.24) is 14.8 Å². The van der Waals surface area contributed by atoms with Gasteiger partial charge < -0.3 is 14.7 Å². The van der Waals surface area contributed by atoms with E-state index in [2.05, 4.69) is 27.6 Å². The summed E-state index contributed by atoms with van der Waals surface area (Å²) in [5, 5.41) is 0.885. The number of aromatic nitrogens is 1. The molecule has 2 amide bonds. The minimum atomic E-state index is -4.45. The van der Waals surface area contributed by atoms with Gasteiger partial charge in [-0.15, -0.1) is 0 Å². The summed E-state index contributed by atoms with van der Waals surface area (Å²) in [5.74, 6) is 0.610. The number of pyridine rings is 1. The average Bonchev–Trinajstić information content (AvgIpc) is 3.68. The standard InChI is InChI=1S/C30H34Cl2F3IN4O2/c1-2-38(26-6-4-22(14-37-26)30(33,34)35)15-21-16-40(17-23(21)20-3-5-24(31)25(32)13-20)27(41)19-7-11-39(12-8-19)28(42)29(18-36)9-10-29/h3-6,13-14,19,21,23H,2,7-12,15-18H2,1H3/t21-,23+/m0/s1. The summed E-state index contributed by atoms with van der Waals surface area (Å²) < 4.78 is 40.1. The zero-order chi connectivity index (χ0) is 30.2. The molecule has 12 heteroatoms. The molecule has 1 aromatic carbocycles. The first kappa shape index (κ1) is 31.6. The van der Waals surface area contributed by atoms with Crippen molar-refractivity contribution in [2.45, 2.75) is 44.7 Å². The van der Waals surface area contributed by atoms with Crippen molar-refractivity contribution in [3.63, 3.8) is 0 Å². The minimum Gasteiger partial charge on any atom is -0.357 e. The Labute approximate surface area is 268 Å². The van der Waals surface area contributed by atoms with Crippen LogP contribution in [0.1, 0.15) is 49.7 Å². The molecule has 1 aliphatic carbocycles. The predicted molar refractivity (Wildman–Crippen MR) is 166 cm³/mol. The number of nitrogens with zero attached hydrogens (tertiary/aromatic N) is 4. The van der Waals surface area contributed by atoms with Crippen molar-refractivity contribution >= 4 is 63.4 Å². The first-order chi connectivity index (χ1) is 20.0. The predicted octanol–water partition coefficient (Wildman–Crippen LogP) is 6.93. The molecule has 3 heterocycles. The molecule has 6 nitrogen and oxygen atoms in total. The number of halogens is 6. The fourth-order valence-electron chi connectivity index (χ4n) is 6.24. The first-order valence-corrected chi connectivity index (χ1v) is 16.6. The topological polar surface area (TPSA) is 56.8 Å². The Bertz CT molecular complexity index is 1300. The molecule has 1 saturated carbocycles. The summed E-state index contributed by atoms with van der Waals surface area (Å²) in [6.45, 7) is 5.21. The number of benzene rings is 1. The molecule has 0 unspecified atom stereocenters. The molecular weight excluding hydrogens is 703 g/mol. The second-order valence-electron chi connectivity index (χ2n) is 11.7. The Balaban J connectivity index is 1.30. The summed E-state index contributed by atoms with van der Waals surface area (Å²) in [6, 6.07) is 7.97. The van der Waals surface area contributed by atoms with Crippen molar-refractivity contribution in [2.75, 3.05) is 48.6 Å². The van der Waals surface area contributed by atoms with E-state index in [1.54, 1.807) is 6.07 Å². The number of alkyl halides is 4. The number of hydrogen-bond acceptors (Lipinski definition) is 4. The Morgan fingerprint density at radius 3 is 2.33 bits per heavy atom. The molecule has 228 valence electrons. The second kappa shape index (κ2) is 12.7. The van der Waals surface area contributed by atoms with Gasteiger partial charge in [-0.05, 0) is 62.4 Å². The lowest BCUT2D eigenvalue weighted by molar-refractivity contribution is -0.142. The van der Waals surface area contributed by atoms with Crippen LogP contribution in [0.25, 0.3) is 0 Å². The number of rotatable bonds is 8. The highest BCUT2D eigenvalue weighted by atomic mass is 127. The third kappa shape index (κ3) is 6.65. The van der Waals surface area contributed by atoms with Gasteiger partial charge in [0.2, 0.25) is 11.8 Å². The van der Waals surface area contributed by atoms with Crippen LogP contribution >= 0.6 is 45.8 Å². The zero-order valence-electron chi connectivity index (χ0n) is 23.3. The van der Waals surface area contributed by atoms with Gasteiger partial charge in [-0.25, -0.2) is 4.98 Å². The van der Waals surface area contributed by atoms with Crippen LogP contribution in [0.5, 0.6) is 0 Å². The molecule has 0 spiro atoms. The lowest BCUT2D eigenvalue weighted by Crippen LogP contribution is -2.46. The molecule has 0 N–H and O–H groups in total. The fourth-order valence-corrected chi connectivity index (χ4v) is 7.64. The summed E-state index contributed by atoms with van der Waals surface area (Å²) in [6.07, 6.45) is -0.382. The summed E-state index contributed by atoms with van der Waals surface area (Å²) in [5.41, 5.74) is -0.00208. The van der Waals surface area contributed by atoms with E-state index in [0.29, 0.717) is 68.0 Å². The van der Waals surface area contributed by atoms with Gasteiger partial charge in [0.05, 0.1) is 21.0 Å². The third-order valence-corrected chi connectivity index (χ3v) is 11.3. The lowest BCUT2D eigenvalue weighted by atomic mass is 9.88. The highest BCUT2D eigenvalue weighted by Crippen LogP contribution is 2.49. The summed E-state index contributed by atoms with van der Waals surface area (Å²) in [4.78, 5) is 36.7. The number of carbonyl (C=O) groups excluding carboxylic acids is 2. The number of amides is 2. The number of likely N-dealkylation sites (tertiary alicyclic amines) is 2. The molecule has 3 fully saturated rings. The molecule has 2 atom stereocenters. The Kier molecular flexibility index (Phi) is 9.54. The maximum absolute atomic E-state index is 13.8. The van der Waals surface area contributed by atoms with E-state index in [9.17, 15) is 22.8 Å². The van der Waals surface area contributed by atoms with Gasteiger partial charge in [-0.1, -0.05) is 51.9 Å². The highest BCUT2D eigenvalue weighted by molar-refractivity contribution is 14.1. The van der Waals surface area contributed by atoms with Crippen molar-refractivity contribution in [3.05, 3.63) is 57.7 Å². The molecule has 2 saturated heterocycles. The molecule has 0 bridgehead atoms. The lowest BCUT2D eigenvalue weighted by Gasteiger charge is -2.35. The van der Waals surface area contributed by atoms with Gasteiger partial charge >= 0.3 is 6.18 Å². The minimum absolute atomic E-state index is 0.00437. The van der Waals surface area contributed by atoms with E-state index < -0.39 is 11.7 Å². The maximum atomic E-state index is 13.8. The normalized spacial score (nSPS) is 22.4. The molecule has 42 heavy (non-hydrogen) atoms.